The van der Waals surface area contributed by atoms with E-state index in [1.54, 1.807) is 0 Å². The van der Waals surface area contributed by atoms with Crippen LogP contribution in [0.1, 0.15) is 0 Å². The van der Waals surface area contributed by atoms with E-state index in [0.717, 1.165) is 0 Å². The second-order valence-electron chi connectivity index (χ2n) is 2.41. The molecule has 0 rings (SSSR count). The van der Waals surface area contributed by atoms with Crippen LogP contribution in [0.4, 0.5) is 0 Å². The molecule has 1 unspecified atom stereocenters. The van der Waals surface area contributed by atoms with Crippen molar-refractivity contribution in [3.05, 3.63) is 24.3 Å². The third-order valence-corrected chi connectivity index (χ3v) is 2.46. The fourth-order valence-electron chi connectivity index (χ4n) is 0.808. The van der Waals surface area contributed by atoms with Crippen molar-refractivity contribution >= 4 is 22.1 Å². The molecule has 0 heterocycles. The minimum absolute atomic E-state index is 0.183. The Morgan fingerprint density at radius 3 is 1.93 bits per heavy atom. The van der Waals surface area contributed by atoms with E-state index < -0.39 is 32.9 Å². The van der Waals surface area contributed by atoms with Crippen molar-refractivity contribution in [2.75, 3.05) is 0 Å². The van der Waals surface area contributed by atoms with Crippen molar-refractivity contribution in [3.63, 3.8) is 0 Å². The number of aliphatic carboxylic acids is 2. The first-order chi connectivity index (χ1) is 6.70. The van der Waals surface area contributed by atoms with Gasteiger partial charge in [-0.2, -0.15) is 8.42 Å². The highest BCUT2D eigenvalue weighted by atomic mass is 32.2. The number of carboxylic acids is 2. The zero-order chi connectivity index (χ0) is 12.2. The molecule has 15 heavy (non-hydrogen) atoms. The van der Waals surface area contributed by atoms with Crippen molar-refractivity contribution in [1.82, 2.24) is 0 Å². The molecule has 0 aromatic heterocycles. The lowest BCUT2D eigenvalue weighted by Gasteiger charge is -2.08. The first kappa shape index (κ1) is 13.3. The molecule has 0 aliphatic rings. The standard InChI is InChI=1S/C7H8O7S/c1-2-5(15(12,13)14)4(7(10)11)3-6(8)9/h2-3,5H,1H2,(H,8,9)(H,10,11)(H,12,13,14). The Kier molecular flexibility index (Phi) is 4.19. The van der Waals surface area contributed by atoms with Crippen LogP contribution in [0, 0.1) is 0 Å². The maximum atomic E-state index is 10.7. The quantitative estimate of drug-likeness (QED) is 0.334. The Bertz CT molecular complexity index is 417. The first-order valence-electron chi connectivity index (χ1n) is 3.46. The average Bonchev–Trinajstić information content (AvgIpc) is 2.00. The van der Waals surface area contributed by atoms with Gasteiger partial charge in [-0.05, 0) is 0 Å². The van der Waals surface area contributed by atoms with Crippen LogP contribution in [0.5, 0.6) is 0 Å². The molecule has 8 heteroatoms. The molecule has 0 aliphatic carbocycles. The molecular weight excluding hydrogens is 228 g/mol. The van der Waals surface area contributed by atoms with Crippen molar-refractivity contribution in [3.8, 4) is 0 Å². The van der Waals surface area contributed by atoms with Gasteiger partial charge in [-0.25, -0.2) is 9.59 Å². The van der Waals surface area contributed by atoms with Crippen LogP contribution < -0.4 is 0 Å². The molecule has 0 aromatic rings. The van der Waals surface area contributed by atoms with E-state index in [1.165, 1.54) is 0 Å². The Hall–Kier alpha value is -1.67. The summed E-state index contributed by atoms with van der Waals surface area (Å²) in [6, 6.07) is 0. The summed E-state index contributed by atoms with van der Waals surface area (Å²) < 4.78 is 30.0. The van der Waals surface area contributed by atoms with Gasteiger partial charge < -0.3 is 10.2 Å². The van der Waals surface area contributed by atoms with Gasteiger partial charge in [0.1, 0.15) is 5.25 Å². The summed E-state index contributed by atoms with van der Waals surface area (Å²) in [6.45, 7) is 3.00. The summed E-state index contributed by atoms with van der Waals surface area (Å²) in [5.41, 5.74) is -0.986. The highest BCUT2D eigenvalue weighted by Crippen LogP contribution is 2.12. The van der Waals surface area contributed by atoms with Crippen LogP contribution in [0.15, 0.2) is 24.3 Å². The van der Waals surface area contributed by atoms with Crippen LogP contribution >= 0.6 is 0 Å². The van der Waals surface area contributed by atoms with Gasteiger partial charge in [-0.15, -0.1) is 6.58 Å². The van der Waals surface area contributed by atoms with Crippen LogP contribution in [-0.4, -0.2) is 40.4 Å². The average molecular weight is 236 g/mol. The second-order valence-corrected chi connectivity index (χ2v) is 3.95. The summed E-state index contributed by atoms with van der Waals surface area (Å²) >= 11 is 0. The Labute approximate surface area is 85.1 Å². The number of rotatable bonds is 5. The lowest BCUT2D eigenvalue weighted by atomic mass is 10.1. The van der Waals surface area contributed by atoms with Gasteiger partial charge in [0, 0.05) is 6.08 Å². The van der Waals surface area contributed by atoms with Crippen LogP contribution in [0.25, 0.3) is 0 Å². The maximum Gasteiger partial charge on any atom is 0.333 e. The summed E-state index contributed by atoms with van der Waals surface area (Å²) in [4.78, 5) is 20.7. The van der Waals surface area contributed by atoms with Gasteiger partial charge in [-0.1, -0.05) is 6.08 Å². The summed E-state index contributed by atoms with van der Waals surface area (Å²) in [6.07, 6.45) is 0.806. The number of hydrogen-bond donors (Lipinski definition) is 3. The van der Waals surface area contributed by atoms with E-state index in [1.807, 2.05) is 0 Å². The molecule has 0 bridgehead atoms. The van der Waals surface area contributed by atoms with Gasteiger partial charge >= 0.3 is 11.9 Å². The fourth-order valence-corrected chi connectivity index (χ4v) is 1.54. The molecule has 0 aliphatic heterocycles. The van der Waals surface area contributed by atoms with Gasteiger partial charge in [0.2, 0.25) is 0 Å². The summed E-state index contributed by atoms with van der Waals surface area (Å²) in [5.74, 6) is -3.40. The number of hydrogen-bond acceptors (Lipinski definition) is 4. The van der Waals surface area contributed by atoms with Crippen LogP contribution in [-0.2, 0) is 19.7 Å². The smallest absolute Gasteiger partial charge is 0.333 e. The molecule has 3 N–H and O–H groups in total. The van der Waals surface area contributed by atoms with Gasteiger partial charge in [0.15, 0.2) is 0 Å². The molecule has 1 atom stereocenters. The second kappa shape index (κ2) is 4.71. The molecule has 0 saturated carbocycles. The van der Waals surface area contributed by atoms with Crippen LogP contribution in [0.2, 0.25) is 0 Å². The number of carboxylic acid groups (broad SMARTS) is 2. The number of carbonyl (C=O) groups is 2. The molecule has 0 radical (unpaired) electrons. The lowest BCUT2D eigenvalue weighted by molar-refractivity contribution is -0.135. The predicted molar refractivity (Wildman–Crippen MR) is 48.9 cm³/mol. The monoisotopic (exact) mass is 236 g/mol. The SMILES string of the molecule is C=CC(C(=CC(=O)O)C(=O)O)S(=O)(=O)O. The molecule has 0 aromatic carbocycles. The summed E-state index contributed by atoms with van der Waals surface area (Å²) in [7, 11) is -4.74. The highest BCUT2D eigenvalue weighted by molar-refractivity contribution is 7.86. The molecule has 0 fully saturated rings. The minimum atomic E-state index is -4.74. The topological polar surface area (TPSA) is 129 Å². The van der Waals surface area contributed by atoms with Gasteiger partial charge in [0.05, 0.1) is 5.57 Å². The third-order valence-electron chi connectivity index (χ3n) is 1.37. The van der Waals surface area contributed by atoms with E-state index in [-0.39, 0.29) is 6.08 Å². The predicted octanol–water partition coefficient (Wildman–Crippen LogP) is -0.476. The zero-order valence-electron chi connectivity index (χ0n) is 7.32. The largest absolute Gasteiger partial charge is 0.478 e. The third kappa shape index (κ3) is 3.92. The van der Waals surface area contributed by atoms with Crippen molar-refractivity contribution in [2.45, 2.75) is 5.25 Å². The van der Waals surface area contributed by atoms with E-state index >= 15 is 0 Å². The van der Waals surface area contributed by atoms with E-state index in [4.69, 9.17) is 14.8 Å². The van der Waals surface area contributed by atoms with Crippen molar-refractivity contribution < 1.29 is 32.8 Å². The fraction of sp³-hybridized carbons (Fsp3) is 0.143. The Morgan fingerprint density at radius 1 is 1.27 bits per heavy atom. The molecule has 0 spiro atoms. The minimum Gasteiger partial charge on any atom is -0.478 e. The van der Waals surface area contributed by atoms with Gasteiger partial charge in [0.25, 0.3) is 10.1 Å². The van der Waals surface area contributed by atoms with Crippen LogP contribution in [0.3, 0.4) is 0 Å². The zero-order valence-corrected chi connectivity index (χ0v) is 8.14. The highest BCUT2D eigenvalue weighted by Gasteiger charge is 2.29. The molecule has 0 amide bonds. The Morgan fingerprint density at radius 2 is 1.73 bits per heavy atom. The first-order valence-corrected chi connectivity index (χ1v) is 4.97. The molecule has 0 saturated heterocycles. The lowest BCUT2D eigenvalue weighted by Crippen LogP contribution is -2.25. The molecule has 7 nitrogen and oxygen atoms in total. The maximum absolute atomic E-state index is 10.7. The van der Waals surface area contributed by atoms with Gasteiger partial charge in [-0.3, -0.25) is 4.55 Å². The van der Waals surface area contributed by atoms with E-state index in [2.05, 4.69) is 6.58 Å². The normalized spacial score (nSPS) is 14.3. The molecular formula is C7H8O7S. The molecule has 84 valence electrons. The van der Waals surface area contributed by atoms with Crippen molar-refractivity contribution in [2.24, 2.45) is 0 Å². The van der Waals surface area contributed by atoms with E-state index in [0.29, 0.717) is 6.08 Å². The Balaban J connectivity index is 5.54. The van der Waals surface area contributed by atoms with E-state index in [9.17, 15) is 18.0 Å². The van der Waals surface area contributed by atoms with Crippen molar-refractivity contribution in [1.29, 1.82) is 0 Å². The summed E-state index contributed by atoms with van der Waals surface area (Å²) in [5, 5.41) is 14.9.